The van der Waals surface area contributed by atoms with Crippen LogP contribution in [0.1, 0.15) is 49.2 Å². The average Bonchev–Trinajstić information content (AvgIpc) is 3.02. The fourth-order valence-electron chi connectivity index (χ4n) is 5.32. The van der Waals surface area contributed by atoms with Gasteiger partial charge in [-0.2, -0.15) is 8.78 Å². The zero-order valence-electron chi connectivity index (χ0n) is 25.7. The van der Waals surface area contributed by atoms with Gasteiger partial charge in [-0.15, -0.1) is 13.2 Å². The van der Waals surface area contributed by atoms with Crippen LogP contribution in [0.15, 0.2) is 66.7 Å². The molecular weight excluding hydrogens is 674 g/mol. The summed E-state index contributed by atoms with van der Waals surface area (Å²) in [7, 11) is 0. The summed E-state index contributed by atoms with van der Waals surface area (Å²) < 4.78 is 159. The molecule has 4 nitrogen and oxygen atoms in total. The molecule has 4 aromatic carbocycles. The van der Waals surface area contributed by atoms with E-state index in [9.17, 15) is 22.0 Å². The molecule has 5 rings (SSSR count). The molecule has 0 aliphatic carbocycles. The van der Waals surface area contributed by atoms with Crippen LogP contribution in [0.2, 0.25) is 0 Å². The van der Waals surface area contributed by atoms with E-state index in [1.807, 2.05) is 24.3 Å². The van der Waals surface area contributed by atoms with Crippen molar-refractivity contribution in [1.29, 1.82) is 0 Å². The van der Waals surface area contributed by atoms with Gasteiger partial charge in [0.2, 0.25) is 5.75 Å². The van der Waals surface area contributed by atoms with Gasteiger partial charge in [-0.25, -0.2) is 22.0 Å². The number of hydrogen-bond acceptors (Lipinski definition) is 4. The van der Waals surface area contributed by atoms with E-state index in [2.05, 4.69) is 16.4 Å². The monoisotopic (exact) mass is 702 g/mol. The van der Waals surface area contributed by atoms with Crippen LogP contribution < -0.4 is 4.74 Å². The van der Waals surface area contributed by atoms with Crippen LogP contribution in [0.25, 0.3) is 22.3 Å². The first-order chi connectivity index (χ1) is 23.1. The minimum Gasteiger partial charge on any atom is -0.399 e. The van der Waals surface area contributed by atoms with Crippen molar-refractivity contribution < 1.29 is 62.9 Å². The second-order valence-corrected chi connectivity index (χ2v) is 11.3. The topological polar surface area (TPSA) is 36.9 Å². The Morgan fingerprint density at radius 2 is 1.24 bits per heavy atom. The van der Waals surface area contributed by atoms with Crippen molar-refractivity contribution in [3.63, 3.8) is 0 Å². The number of unbranched alkanes of at least 4 members (excludes halogenated alkanes) is 2. The Morgan fingerprint density at radius 3 is 1.80 bits per heavy atom. The van der Waals surface area contributed by atoms with Crippen LogP contribution in [-0.4, -0.2) is 25.7 Å². The van der Waals surface area contributed by atoms with Crippen molar-refractivity contribution >= 4 is 0 Å². The maximum absolute atomic E-state index is 15.2. The highest BCUT2D eigenvalue weighted by atomic mass is 19.4. The van der Waals surface area contributed by atoms with Crippen molar-refractivity contribution in [3.8, 4) is 28.0 Å². The fraction of sp³-hybridized carbons (Fsp3) is 0.314. The van der Waals surface area contributed by atoms with Gasteiger partial charge in [0.15, 0.2) is 17.9 Å². The molecule has 0 atom stereocenters. The van der Waals surface area contributed by atoms with Gasteiger partial charge in [-0.05, 0) is 65.4 Å². The zero-order chi connectivity index (χ0) is 35.5. The van der Waals surface area contributed by atoms with Crippen LogP contribution >= 0.6 is 0 Å². The Morgan fingerprint density at radius 1 is 0.673 bits per heavy atom. The van der Waals surface area contributed by atoms with Crippen molar-refractivity contribution in [1.82, 2.24) is 0 Å². The third-order valence-corrected chi connectivity index (χ3v) is 7.66. The molecule has 1 aliphatic heterocycles. The number of benzene rings is 4. The Bertz CT molecular complexity index is 1720. The SMILES string of the molecule is CCCCCc1ccc(-c2ccc(-c3cc(F)c(C(F)(F)OC4COC(c5cc(F)c(OC(F)(F)F)c(F)c5)OC4)c(F)c3)c(F)c2)cc1. The number of rotatable bonds is 11. The highest BCUT2D eigenvalue weighted by molar-refractivity contribution is 5.71. The molecule has 262 valence electrons. The smallest absolute Gasteiger partial charge is 0.399 e. The van der Waals surface area contributed by atoms with Crippen LogP contribution in [0.5, 0.6) is 5.75 Å². The Labute approximate surface area is 274 Å². The van der Waals surface area contributed by atoms with Crippen molar-refractivity contribution in [3.05, 3.63) is 113 Å². The molecule has 1 fully saturated rings. The summed E-state index contributed by atoms with van der Waals surface area (Å²) in [5.41, 5.74) is -0.445. The predicted molar refractivity (Wildman–Crippen MR) is 157 cm³/mol. The van der Waals surface area contributed by atoms with Gasteiger partial charge in [0.05, 0.1) is 13.2 Å². The summed E-state index contributed by atoms with van der Waals surface area (Å²) in [6.45, 7) is 0.647. The van der Waals surface area contributed by atoms with Crippen LogP contribution in [0, 0.1) is 29.1 Å². The summed E-state index contributed by atoms with van der Waals surface area (Å²) >= 11 is 0. The van der Waals surface area contributed by atoms with E-state index >= 15 is 22.0 Å². The van der Waals surface area contributed by atoms with E-state index < -0.39 is 84.0 Å². The van der Waals surface area contributed by atoms with Gasteiger partial charge in [-0.1, -0.05) is 56.2 Å². The first-order valence-corrected chi connectivity index (χ1v) is 15.1. The van der Waals surface area contributed by atoms with Gasteiger partial charge in [-0.3, -0.25) is 0 Å². The molecule has 1 saturated heterocycles. The number of alkyl halides is 5. The Hall–Kier alpha value is -4.14. The molecule has 49 heavy (non-hydrogen) atoms. The number of aryl methyl sites for hydroxylation is 1. The molecule has 0 N–H and O–H groups in total. The van der Waals surface area contributed by atoms with E-state index in [0.29, 0.717) is 35.4 Å². The molecule has 0 saturated carbocycles. The van der Waals surface area contributed by atoms with Crippen LogP contribution in [0.3, 0.4) is 0 Å². The Kier molecular flexibility index (Phi) is 10.9. The van der Waals surface area contributed by atoms with Gasteiger partial charge >= 0.3 is 12.5 Å². The predicted octanol–water partition coefficient (Wildman–Crippen LogP) is 10.5. The molecule has 1 aliphatic rings. The van der Waals surface area contributed by atoms with Crippen molar-refractivity contribution in [2.45, 2.75) is 57.5 Å². The minimum atomic E-state index is -5.38. The largest absolute Gasteiger partial charge is 0.573 e. The van der Waals surface area contributed by atoms with Crippen molar-refractivity contribution in [2.24, 2.45) is 0 Å². The quantitative estimate of drug-likeness (QED) is 0.115. The lowest BCUT2D eigenvalue weighted by molar-refractivity contribution is -0.322. The fourth-order valence-corrected chi connectivity index (χ4v) is 5.32. The van der Waals surface area contributed by atoms with E-state index in [-0.39, 0.29) is 11.1 Å². The molecule has 0 bridgehead atoms. The summed E-state index contributed by atoms with van der Waals surface area (Å²) in [5, 5.41) is 0. The molecule has 4 aromatic rings. The average molecular weight is 703 g/mol. The second-order valence-electron chi connectivity index (χ2n) is 11.3. The first-order valence-electron chi connectivity index (χ1n) is 15.1. The molecule has 0 spiro atoms. The minimum absolute atomic E-state index is 0.237. The molecule has 1 heterocycles. The van der Waals surface area contributed by atoms with Crippen LogP contribution in [-0.2, 0) is 26.7 Å². The lowest BCUT2D eigenvalue weighted by Gasteiger charge is -2.32. The van der Waals surface area contributed by atoms with E-state index in [4.69, 9.17) is 9.47 Å². The van der Waals surface area contributed by atoms with Gasteiger partial charge in [0, 0.05) is 11.1 Å². The maximum Gasteiger partial charge on any atom is 0.573 e. The molecular formula is C35H28F10O4. The van der Waals surface area contributed by atoms with E-state index in [1.54, 1.807) is 0 Å². The van der Waals surface area contributed by atoms with Crippen LogP contribution in [0.4, 0.5) is 43.9 Å². The summed E-state index contributed by atoms with van der Waals surface area (Å²) in [5.74, 6) is -9.50. The molecule has 0 unspecified atom stereocenters. The van der Waals surface area contributed by atoms with Gasteiger partial charge < -0.3 is 18.9 Å². The summed E-state index contributed by atoms with van der Waals surface area (Å²) in [4.78, 5) is 0. The Balaban J connectivity index is 1.25. The lowest BCUT2D eigenvalue weighted by atomic mass is 9.97. The van der Waals surface area contributed by atoms with E-state index in [0.717, 1.165) is 31.2 Å². The number of hydrogen-bond donors (Lipinski definition) is 0. The lowest BCUT2D eigenvalue weighted by Crippen LogP contribution is -2.38. The normalized spacial score (nSPS) is 17.0. The zero-order valence-corrected chi connectivity index (χ0v) is 25.7. The summed E-state index contributed by atoms with van der Waals surface area (Å²) in [6.07, 6.45) is -9.06. The maximum atomic E-state index is 15.2. The third-order valence-electron chi connectivity index (χ3n) is 7.66. The second kappa shape index (κ2) is 14.8. The highest BCUT2D eigenvalue weighted by Gasteiger charge is 2.43. The van der Waals surface area contributed by atoms with Gasteiger partial charge in [0.25, 0.3) is 0 Å². The van der Waals surface area contributed by atoms with Crippen molar-refractivity contribution in [2.75, 3.05) is 13.2 Å². The van der Waals surface area contributed by atoms with Gasteiger partial charge in [0.1, 0.15) is 29.1 Å². The third kappa shape index (κ3) is 8.72. The number of ether oxygens (including phenoxy) is 4. The molecule has 0 amide bonds. The molecule has 14 heteroatoms. The standard InChI is InChI=1S/C35H28F10O4/c1-2-3-4-5-19-6-8-20(9-7-19)21-10-11-25(26(36)12-21)22-13-27(37)31(28(38)14-22)34(41,42)48-24-17-46-33(47-18-24)23-15-29(39)32(30(40)16-23)49-35(43,44)45/h6-16,24,33H,2-5,17-18H2,1H3. The first kappa shape index (κ1) is 36.1. The number of halogens is 10. The molecule has 0 aromatic heterocycles. The summed E-state index contributed by atoms with van der Waals surface area (Å²) in [6, 6.07) is 13.5. The van der Waals surface area contributed by atoms with E-state index in [1.165, 1.54) is 18.2 Å². The molecule has 0 radical (unpaired) electrons. The highest BCUT2D eigenvalue weighted by Crippen LogP contribution is 2.39.